The first-order valence-corrected chi connectivity index (χ1v) is 4.54. The highest BCUT2D eigenvalue weighted by Crippen LogP contribution is 2.21. The van der Waals surface area contributed by atoms with E-state index in [0.29, 0.717) is 5.92 Å². The summed E-state index contributed by atoms with van der Waals surface area (Å²) >= 11 is 0. The number of rotatable bonds is 1. The quantitative estimate of drug-likeness (QED) is 0.664. The molecule has 2 aromatic rings. The zero-order chi connectivity index (χ0) is 9.42. The van der Waals surface area contributed by atoms with E-state index in [1.165, 1.54) is 5.56 Å². The molecule has 0 spiro atoms. The van der Waals surface area contributed by atoms with E-state index in [1.54, 1.807) is 0 Å². The topological polar surface area (TPSA) is 26.0 Å². The summed E-state index contributed by atoms with van der Waals surface area (Å²) in [6.07, 6.45) is 0. The van der Waals surface area contributed by atoms with Gasteiger partial charge in [0.05, 0.1) is 0 Å². The molecule has 0 aliphatic rings. The molecule has 0 unspecified atom stereocenters. The van der Waals surface area contributed by atoms with E-state index >= 15 is 0 Å². The number of hydrogen-bond acceptors (Lipinski definition) is 2. The van der Waals surface area contributed by atoms with E-state index < -0.39 is 0 Å². The summed E-state index contributed by atoms with van der Waals surface area (Å²) in [5, 5.41) is 0. The van der Waals surface area contributed by atoms with Crippen molar-refractivity contribution in [2.75, 3.05) is 0 Å². The van der Waals surface area contributed by atoms with Crippen LogP contribution in [0.5, 0.6) is 0 Å². The van der Waals surface area contributed by atoms with Crippen molar-refractivity contribution >= 4 is 11.1 Å². The van der Waals surface area contributed by atoms with E-state index in [2.05, 4.69) is 31.8 Å². The summed E-state index contributed by atoms with van der Waals surface area (Å²) in [6, 6.07) is 6.07. The van der Waals surface area contributed by atoms with Gasteiger partial charge in [0.2, 0.25) is 0 Å². The minimum atomic E-state index is 0.354. The first-order chi connectivity index (χ1) is 6.16. The Labute approximate surface area is 77.6 Å². The van der Waals surface area contributed by atoms with Crippen LogP contribution in [0.4, 0.5) is 0 Å². The first-order valence-electron chi connectivity index (χ1n) is 4.54. The zero-order valence-corrected chi connectivity index (χ0v) is 8.16. The second-order valence-corrected chi connectivity index (χ2v) is 3.68. The van der Waals surface area contributed by atoms with Crippen LogP contribution in [0.3, 0.4) is 0 Å². The molecule has 0 saturated heterocycles. The highest BCUT2D eigenvalue weighted by molar-refractivity contribution is 5.73. The van der Waals surface area contributed by atoms with Gasteiger partial charge in [0.15, 0.2) is 11.5 Å². The number of benzene rings is 1. The maximum absolute atomic E-state index is 5.60. The van der Waals surface area contributed by atoms with Gasteiger partial charge in [-0.25, -0.2) is 4.98 Å². The molecule has 0 bridgehead atoms. The monoisotopic (exact) mass is 175 g/mol. The number of hydrogen-bond donors (Lipinski definition) is 0. The molecule has 0 aliphatic carbocycles. The van der Waals surface area contributed by atoms with Crippen molar-refractivity contribution in [3.63, 3.8) is 0 Å². The molecular formula is C11H13NO. The molecule has 2 rings (SSSR count). The zero-order valence-electron chi connectivity index (χ0n) is 8.16. The Hall–Kier alpha value is -1.31. The lowest BCUT2D eigenvalue weighted by Crippen LogP contribution is -1.84. The third-order valence-corrected chi connectivity index (χ3v) is 2.05. The molecule has 0 atom stereocenters. The van der Waals surface area contributed by atoms with Crippen LogP contribution in [-0.4, -0.2) is 4.98 Å². The van der Waals surface area contributed by atoms with Gasteiger partial charge in [-0.2, -0.15) is 0 Å². The van der Waals surface area contributed by atoms with E-state index in [9.17, 15) is 0 Å². The van der Waals surface area contributed by atoms with Gasteiger partial charge in [-0.05, 0) is 24.6 Å². The Balaban J connectivity index is 2.62. The Morgan fingerprint density at radius 1 is 1.31 bits per heavy atom. The minimum Gasteiger partial charge on any atom is -0.440 e. The molecule has 13 heavy (non-hydrogen) atoms. The smallest absolute Gasteiger partial charge is 0.198 e. The predicted molar refractivity (Wildman–Crippen MR) is 52.8 cm³/mol. The van der Waals surface area contributed by atoms with Crippen molar-refractivity contribution in [3.8, 4) is 0 Å². The normalized spacial score (nSPS) is 11.4. The molecule has 2 nitrogen and oxygen atoms in total. The Morgan fingerprint density at radius 2 is 2.08 bits per heavy atom. The highest BCUT2D eigenvalue weighted by atomic mass is 16.3. The lowest BCUT2D eigenvalue weighted by atomic mass is 10.2. The number of aromatic nitrogens is 1. The second kappa shape index (κ2) is 2.87. The number of fused-ring (bicyclic) bond motifs is 1. The molecule has 0 fully saturated rings. The van der Waals surface area contributed by atoms with Gasteiger partial charge in [-0.3, -0.25) is 0 Å². The van der Waals surface area contributed by atoms with Crippen molar-refractivity contribution in [2.45, 2.75) is 26.7 Å². The fraction of sp³-hybridized carbons (Fsp3) is 0.364. The molecule has 2 heteroatoms. The molecule has 0 radical (unpaired) electrons. The van der Waals surface area contributed by atoms with Crippen LogP contribution in [0, 0.1) is 6.92 Å². The van der Waals surface area contributed by atoms with Crippen molar-refractivity contribution in [3.05, 3.63) is 29.7 Å². The van der Waals surface area contributed by atoms with Crippen LogP contribution >= 0.6 is 0 Å². The van der Waals surface area contributed by atoms with Gasteiger partial charge < -0.3 is 4.42 Å². The van der Waals surface area contributed by atoms with Gasteiger partial charge >= 0.3 is 0 Å². The molecule has 68 valence electrons. The fourth-order valence-electron chi connectivity index (χ4n) is 1.30. The lowest BCUT2D eigenvalue weighted by Gasteiger charge is -1.93. The van der Waals surface area contributed by atoms with Crippen LogP contribution in [0.1, 0.15) is 31.2 Å². The molecule has 0 N–H and O–H groups in total. The molecule has 1 aromatic carbocycles. The van der Waals surface area contributed by atoms with Gasteiger partial charge in [0, 0.05) is 5.92 Å². The SMILES string of the molecule is Cc1ccc2nc(C(C)C)oc2c1. The molecule has 0 amide bonds. The largest absolute Gasteiger partial charge is 0.440 e. The van der Waals surface area contributed by atoms with Gasteiger partial charge in [-0.15, -0.1) is 0 Å². The number of oxazole rings is 1. The average Bonchev–Trinajstić information content (AvgIpc) is 2.46. The first kappa shape index (κ1) is 8.30. The number of nitrogens with zero attached hydrogens (tertiary/aromatic N) is 1. The summed E-state index contributed by atoms with van der Waals surface area (Å²) in [4.78, 5) is 4.39. The summed E-state index contributed by atoms with van der Waals surface area (Å²) in [5.41, 5.74) is 3.05. The van der Waals surface area contributed by atoms with Crippen molar-refractivity contribution in [1.82, 2.24) is 4.98 Å². The van der Waals surface area contributed by atoms with Gasteiger partial charge in [0.25, 0.3) is 0 Å². The van der Waals surface area contributed by atoms with Crippen LogP contribution in [0.2, 0.25) is 0 Å². The summed E-state index contributed by atoms with van der Waals surface area (Å²) in [5.74, 6) is 1.17. The van der Waals surface area contributed by atoms with Crippen LogP contribution in [-0.2, 0) is 0 Å². The Kier molecular flexibility index (Phi) is 1.83. The minimum absolute atomic E-state index is 0.354. The van der Waals surface area contributed by atoms with Crippen molar-refractivity contribution in [1.29, 1.82) is 0 Å². The number of aryl methyl sites for hydroxylation is 1. The summed E-state index contributed by atoms with van der Waals surface area (Å²) in [6.45, 7) is 6.21. The van der Waals surface area contributed by atoms with E-state index in [0.717, 1.165) is 17.0 Å². The second-order valence-electron chi connectivity index (χ2n) is 3.68. The van der Waals surface area contributed by atoms with E-state index in [1.807, 2.05) is 12.1 Å². The third-order valence-electron chi connectivity index (χ3n) is 2.05. The molecule has 0 aliphatic heterocycles. The molecular weight excluding hydrogens is 162 g/mol. The van der Waals surface area contributed by atoms with Crippen molar-refractivity contribution < 1.29 is 4.42 Å². The Bertz CT molecular complexity index is 429. The predicted octanol–water partition coefficient (Wildman–Crippen LogP) is 3.26. The van der Waals surface area contributed by atoms with E-state index in [-0.39, 0.29) is 0 Å². The highest BCUT2D eigenvalue weighted by Gasteiger charge is 2.08. The third kappa shape index (κ3) is 1.44. The lowest BCUT2D eigenvalue weighted by molar-refractivity contribution is 0.501. The molecule has 1 heterocycles. The van der Waals surface area contributed by atoms with Crippen molar-refractivity contribution in [2.24, 2.45) is 0 Å². The Morgan fingerprint density at radius 3 is 2.77 bits per heavy atom. The van der Waals surface area contributed by atoms with E-state index in [4.69, 9.17) is 4.42 Å². The standard InChI is InChI=1S/C11H13NO/c1-7(2)11-12-9-5-4-8(3)6-10(9)13-11/h4-7H,1-3H3. The van der Waals surface area contributed by atoms with Crippen LogP contribution in [0.25, 0.3) is 11.1 Å². The average molecular weight is 175 g/mol. The molecule has 1 aromatic heterocycles. The maximum atomic E-state index is 5.60. The summed E-state index contributed by atoms with van der Waals surface area (Å²) < 4.78 is 5.60. The van der Waals surface area contributed by atoms with Gasteiger partial charge in [0.1, 0.15) is 5.52 Å². The van der Waals surface area contributed by atoms with Gasteiger partial charge in [-0.1, -0.05) is 19.9 Å². The summed E-state index contributed by atoms with van der Waals surface area (Å²) in [7, 11) is 0. The fourth-order valence-corrected chi connectivity index (χ4v) is 1.30. The molecule has 0 saturated carbocycles. The van der Waals surface area contributed by atoms with Crippen LogP contribution in [0.15, 0.2) is 22.6 Å². The maximum Gasteiger partial charge on any atom is 0.198 e. The van der Waals surface area contributed by atoms with Crippen LogP contribution < -0.4 is 0 Å².